The van der Waals surface area contributed by atoms with Crippen molar-refractivity contribution in [1.29, 1.82) is 0 Å². The van der Waals surface area contributed by atoms with E-state index in [2.05, 4.69) is 31.1 Å². The smallest absolute Gasteiger partial charge is 0.270 e. The minimum Gasteiger partial charge on any atom is -0.402 e. The number of carbonyl (C=O) groups is 2. The Hall–Kier alpha value is -3.75. The number of primary amides is 1. The van der Waals surface area contributed by atoms with Gasteiger partial charge >= 0.3 is 0 Å². The molecule has 1 rings (SSSR count). The number of nitrogens with zero attached hydrogens (tertiary/aromatic N) is 3. The van der Waals surface area contributed by atoms with Crippen LogP contribution in [0, 0.1) is 10.1 Å². The zero-order valence-electron chi connectivity index (χ0n) is 23.4. The fraction of sp³-hybridized carbons (Fsp3) is 0.444. The number of allylic oxidation sites excluding steroid dienone is 5. The van der Waals surface area contributed by atoms with E-state index in [1.54, 1.807) is 0 Å². The number of nitrogens with two attached hydrogens (primary N) is 2. The minimum atomic E-state index is -0.668. The molecule has 4 N–H and O–H groups in total. The van der Waals surface area contributed by atoms with E-state index in [0.29, 0.717) is 12.2 Å². The molecule has 9 heteroatoms. The number of hydrogen-bond acceptors (Lipinski definition) is 6. The third-order valence-corrected chi connectivity index (χ3v) is 4.33. The molecular formula is C27H45N5O4. The first kappa shape index (κ1) is 36.8. The first-order chi connectivity index (χ1) is 17.0. The summed E-state index contributed by atoms with van der Waals surface area (Å²) >= 11 is 0. The summed E-state index contributed by atoms with van der Waals surface area (Å²) in [7, 11) is 0. The van der Waals surface area contributed by atoms with Crippen LogP contribution in [0.2, 0.25) is 0 Å². The van der Waals surface area contributed by atoms with Crippen LogP contribution < -0.4 is 11.5 Å². The van der Waals surface area contributed by atoms with Crippen molar-refractivity contribution in [2.45, 2.75) is 75.2 Å². The predicted octanol–water partition coefficient (Wildman–Crippen LogP) is 6.12. The van der Waals surface area contributed by atoms with Crippen LogP contribution in [0.1, 0.15) is 85.5 Å². The van der Waals surface area contributed by atoms with Gasteiger partial charge in [0, 0.05) is 23.4 Å². The third-order valence-electron chi connectivity index (χ3n) is 4.33. The second-order valence-electron chi connectivity index (χ2n) is 7.03. The van der Waals surface area contributed by atoms with E-state index >= 15 is 0 Å². The molecule has 0 saturated heterocycles. The highest BCUT2D eigenvalue weighted by Crippen LogP contribution is 2.12. The Bertz CT molecular complexity index is 885. The normalized spacial score (nSPS) is 11.5. The van der Waals surface area contributed by atoms with Crippen LogP contribution in [0.4, 0.5) is 5.69 Å². The molecule has 0 bridgehead atoms. The van der Waals surface area contributed by atoms with E-state index < -0.39 is 10.8 Å². The molecule has 0 aliphatic heterocycles. The van der Waals surface area contributed by atoms with Crippen LogP contribution in [0.25, 0.3) is 0 Å². The fourth-order valence-corrected chi connectivity index (χ4v) is 2.32. The van der Waals surface area contributed by atoms with E-state index in [-0.39, 0.29) is 11.3 Å². The Morgan fingerprint density at radius 3 is 2.11 bits per heavy atom. The topological polar surface area (TPSA) is 145 Å². The predicted molar refractivity (Wildman–Crippen MR) is 151 cm³/mol. The van der Waals surface area contributed by atoms with Gasteiger partial charge in [0.2, 0.25) is 12.3 Å². The van der Waals surface area contributed by atoms with Crippen molar-refractivity contribution in [1.82, 2.24) is 5.01 Å². The van der Waals surface area contributed by atoms with Crippen molar-refractivity contribution in [2.24, 2.45) is 16.6 Å². The molecule has 0 unspecified atom stereocenters. The molecule has 0 fully saturated rings. The second-order valence-corrected chi connectivity index (χ2v) is 7.03. The van der Waals surface area contributed by atoms with E-state index in [9.17, 15) is 19.7 Å². The Morgan fingerprint density at radius 2 is 1.67 bits per heavy atom. The van der Waals surface area contributed by atoms with Crippen molar-refractivity contribution >= 4 is 23.7 Å². The Balaban J connectivity index is -0.000000576. The number of benzene rings is 1. The Kier molecular flexibility index (Phi) is 23.5. The van der Waals surface area contributed by atoms with Crippen LogP contribution in [0.5, 0.6) is 0 Å². The van der Waals surface area contributed by atoms with Gasteiger partial charge in [0.25, 0.3) is 5.69 Å². The second kappa shape index (κ2) is 23.0. The highest BCUT2D eigenvalue weighted by molar-refractivity contribution is 5.98. The first-order valence-corrected chi connectivity index (χ1v) is 12.1. The van der Waals surface area contributed by atoms with Crippen LogP contribution in [-0.2, 0) is 4.79 Å². The van der Waals surface area contributed by atoms with Gasteiger partial charge in [-0.2, -0.15) is 5.10 Å². The van der Waals surface area contributed by atoms with E-state index in [0.717, 1.165) is 36.6 Å². The summed E-state index contributed by atoms with van der Waals surface area (Å²) in [5, 5.41) is 15.8. The molecule has 2 amide bonds. The quantitative estimate of drug-likeness (QED) is 0.130. The maximum absolute atomic E-state index is 11.0. The molecule has 0 aliphatic carbocycles. The number of nitro benzene ring substituents is 1. The number of nitro groups is 1. The van der Waals surface area contributed by atoms with Crippen LogP contribution in [0.3, 0.4) is 0 Å². The standard InChI is InChI=1S/C16H27N3O.C7H6N2O3.2C2H6/c1-6-9-13(2)10-7-8-11-19(12-20)18-16(5)14(3)15(4)17;8-7(10)5-2-1-3-6(4-5)9(11)12;2*1-2/h7-9,12H,6,10-11,17H2,1-5H3;1-4H,(H2,8,10);2*1-2H3/b8-7-,13-9-,15-14+,18-16-;;;. The molecule has 1 aromatic carbocycles. The van der Waals surface area contributed by atoms with Crippen LogP contribution in [-0.4, -0.2) is 34.5 Å². The van der Waals surface area contributed by atoms with Gasteiger partial charge in [-0.05, 0) is 52.2 Å². The lowest BCUT2D eigenvalue weighted by atomic mass is 10.2. The van der Waals surface area contributed by atoms with Gasteiger partial charge < -0.3 is 11.5 Å². The van der Waals surface area contributed by atoms with E-state index in [4.69, 9.17) is 11.5 Å². The summed E-state index contributed by atoms with van der Waals surface area (Å²) in [5.74, 6) is -0.668. The molecule has 202 valence electrons. The summed E-state index contributed by atoms with van der Waals surface area (Å²) in [4.78, 5) is 31.2. The lowest BCUT2D eigenvalue weighted by Crippen LogP contribution is -2.18. The van der Waals surface area contributed by atoms with Gasteiger partial charge in [-0.25, -0.2) is 5.01 Å². The maximum Gasteiger partial charge on any atom is 0.270 e. The van der Waals surface area contributed by atoms with Gasteiger partial charge in [-0.3, -0.25) is 19.7 Å². The molecule has 1 aromatic rings. The highest BCUT2D eigenvalue weighted by atomic mass is 16.6. The van der Waals surface area contributed by atoms with Crippen LogP contribution in [0.15, 0.2) is 64.4 Å². The summed E-state index contributed by atoms with van der Waals surface area (Å²) < 4.78 is 0. The summed E-state index contributed by atoms with van der Waals surface area (Å²) in [6, 6.07) is 5.28. The van der Waals surface area contributed by atoms with Crippen molar-refractivity contribution < 1.29 is 14.5 Å². The lowest BCUT2D eigenvalue weighted by molar-refractivity contribution is -0.384. The van der Waals surface area contributed by atoms with Gasteiger partial charge in [-0.1, -0.05) is 64.5 Å². The monoisotopic (exact) mass is 503 g/mol. The molecule has 0 atom stereocenters. The molecule has 0 spiro atoms. The van der Waals surface area contributed by atoms with E-state index in [1.807, 2.05) is 54.5 Å². The molecule has 0 radical (unpaired) electrons. The summed E-state index contributed by atoms with van der Waals surface area (Å²) in [5.41, 5.74) is 14.4. The average molecular weight is 504 g/mol. The van der Waals surface area contributed by atoms with Gasteiger partial charge in [0.05, 0.1) is 17.2 Å². The summed E-state index contributed by atoms with van der Waals surface area (Å²) in [6.45, 7) is 18.3. The van der Waals surface area contributed by atoms with Gasteiger partial charge in [0.1, 0.15) is 0 Å². The Morgan fingerprint density at radius 1 is 1.08 bits per heavy atom. The van der Waals surface area contributed by atoms with Gasteiger partial charge in [0.15, 0.2) is 0 Å². The van der Waals surface area contributed by atoms with Gasteiger partial charge in [-0.15, -0.1) is 0 Å². The van der Waals surface area contributed by atoms with Crippen molar-refractivity contribution in [2.75, 3.05) is 6.54 Å². The van der Waals surface area contributed by atoms with Crippen LogP contribution >= 0.6 is 0 Å². The number of carbonyl (C=O) groups excluding carboxylic acids is 2. The Labute approximate surface area is 216 Å². The van der Waals surface area contributed by atoms with Crippen molar-refractivity contribution in [3.05, 3.63) is 75.0 Å². The molecule has 0 saturated carbocycles. The molecular weight excluding hydrogens is 458 g/mol. The molecule has 0 heterocycles. The lowest BCUT2D eigenvalue weighted by Gasteiger charge is -2.11. The number of hydrogen-bond donors (Lipinski definition) is 2. The largest absolute Gasteiger partial charge is 0.402 e. The number of amides is 2. The zero-order chi connectivity index (χ0) is 28.7. The minimum absolute atomic E-state index is 0.133. The highest BCUT2D eigenvalue weighted by Gasteiger charge is 2.07. The SMILES string of the molecule is CC.CC.CC/C=C(/C)C/C=C\CN(C=O)/N=C(C)\C(C)=C(/C)N.NC(=O)c1cccc([N+](=O)[O-])c1. The molecule has 0 aliphatic rings. The molecule has 9 nitrogen and oxygen atoms in total. The zero-order valence-corrected chi connectivity index (χ0v) is 23.4. The third kappa shape index (κ3) is 17.7. The number of rotatable bonds is 10. The number of non-ortho nitro benzene ring substituents is 1. The van der Waals surface area contributed by atoms with Crippen molar-refractivity contribution in [3.63, 3.8) is 0 Å². The number of hydrazone groups is 1. The maximum atomic E-state index is 11.0. The first-order valence-electron chi connectivity index (χ1n) is 12.1. The molecule has 0 aromatic heterocycles. The molecule has 36 heavy (non-hydrogen) atoms. The van der Waals surface area contributed by atoms with E-state index in [1.165, 1.54) is 28.8 Å². The fourth-order valence-electron chi connectivity index (χ4n) is 2.32. The van der Waals surface area contributed by atoms with Crippen molar-refractivity contribution in [3.8, 4) is 0 Å². The average Bonchev–Trinajstić information content (AvgIpc) is 2.88. The summed E-state index contributed by atoms with van der Waals surface area (Å²) in [6.07, 6.45) is 8.88.